The maximum absolute atomic E-state index is 3.84. The molecule has 0 fully saturated rings. The molecule has 0 radical (unpaired) electrons. The molecule has 1 heterocycles. The molecule has 204 valence electrons. The summed E-state index contributed by atoms with van der Waals surface area (Å²) < 4.78 is 0. The second-order valence-electron chi connectivity index (χ2n) is 11.8. The van der Waals surface area contributed by atoms with Gasteiger partial charge in [0, 0.05) is 57.1 Å². The van der Waals surface area contributed by atoms with Gasteiger partial charge in [-0.25, -0.2) is 0 Å². The average molecular weight is 513 g/mol. The molecule has 0 aromatic heterocycles. The number of nitrogens with zero attached hydrogens (tertiary/aromatic N) is 2. The summed E-state index contributed by atoms with van der Waals surface area (Å²) in [5, 5.41) is 7.67. The van der Waals surface area contributed by atoms with E-state index in [1.807, 2.05) is 0 Å². The summed E-state index contributed by atoms with van der Waals surface area (Å²) in [6, 6.07) is 11.7. The molecule has 3 aromatic carbocycles. The number of anilines is 2. The van der Waals surface area contributed by atoms with E-state index in [1.54, 1.807) is 0 Å². The predicted octanol–water partition coefficient (Wildman–Crippen LogP) is 6.84. The monoisotopic (exact) mass is 512 g/mol. The van der Waals surface area contributed by atoms with Crippen LogP contribution in [0, 0.1) is 48.5 Å². The first kappa shape index (κ1) is 28.2. The van der Waals surface area contributed by atoms with Crippen molar-refractivity contribution in [1.82, 2.24) is 9.80 Å². The number of hydrogen-bond donors (Lipinski definition) is 2. The van der Waals surface area contributed by atoms with E-state index in [4.69, 9.17) is 0 Å². The summed E-state index contributed by atoms with van der Waals surface area (Å²) in [6.07, 6.45) is 0.920. The van der Waals surface area contributed by atoms with E-state index in [1.165, 1.54) is 72.6 Å². The number of benzene rings is 3. The minimum atomic E-state index is 0.920. The van der Waals surface area contributed by atoms with E-state index in [2.05, 4.69) is 113 Å². The first-order valence-electron chi connectivity index (χ1n) is 14.2. The van der Waals surface area contributed by atoms with Crippen molar-refractivity contribution in [3.8, 4) is 0 Å². The van der Waals surface area contributed by atoms with Gasteiger partial charge >= 0.3 is 0 Å². The van der Waals surface area contributed by atoms with Gasteiger partial charge in [0.1, 0.15) is 0 Å². The van der Waals surface area contributed by atoms with Gasteiger partial charge in [0.25, 0.3) is 0 Å². The largest absolute Gasteiger partial charge is 0.383 e. The van der Waals surface area contributed by atoms with E-state index in [0.29, 0.717) is 0 Å². The fraction of sp³-hybridized carbons (Fsp3) is 0.471. The number of fused-ring (bicyclic) bond motifs is 4. The molecule has 4 nitrogen and oxygen atoms in total. The van der Waals surface area contributed by atoms with Crippen molar-refractivity contribution in [3.05, 3.63) is 91.5 Å². The second-order valence-corrected chi connectivity index (χ2v) is 11.8. The van der Waals surface area contributed by atoms with Gasteiger partial charge in [-0.3, -0.25) is 0 Å². The highest BCUT2D eigenvalue weighted by Crippen LogP contribution is 2.31. The van der Waals surface area contributed by atoms with Crippen molar-refractivity contribution in [2.75, 3.05) is 50.9 Å². The lowest BCUT2D eigenvalue weighted by molar-refractivity contribution is 0.332. The minimum absolute atomic E-state index is 0.920. The van der Waals surface area contributed by atoms with Crippen LogP contribution in [0.5, 0.6) is 0 Å². The van der Waals surface area contributed by atoms with Gasteiger partial charge in [0.15, 0.2) is 0 Å². The maximum atomic E-state index is 3.84. The van der Waals surface area contributed by atoms with E-state index >= 15 is 0 Å². The first-order chi connectivity index (χ1) is 18.0. The zero-order valence-corrected chi connectivity index (χ0v) is 25.2. The lowest BCUT2D eigenvalue weighted by Gasteiger charge is -2.26. The Hall–Kier alpha value is -2.82. The lowest BCUT2D eigenvalue weighted by Crippen LogP contribution is -2.28. The summed E-state index contributed by atoms with van der Waals surface area (Å²) in [7, 11) is 4.50. The molecule has 2 N–H and O–H groups in total. The molecule has 0 saturated heterocycles. The van der Waals surface area contributed by atoms with Gasteiger partial charge < -0.3 is 20.4 Å². The molecule has 1 aliphatic heterocycles. The molecule has 4 heteroatoms. The molecule has 3 aromatic rings. The molecule has 0 spiro atoms. The zero-order chi connectivity index (χ0) is 27.6. The Kier molecular flexibility index (Phi) is 8.85. The molecular formula is C34H48N4. The van der Waals surface area contributed by atoms with Gasteiger partial charge in [-0.15, -0.1) is 0 Å². The second kappa shape index (κ2) is 11.9. The van der Waals surface area contributed by atoms with Gasteiger partial charge in [0.05, 0.1) is 0 Å². The van der Waals surface area contributed by atoms with Crippen LogP contribution in [0.15, 0.2) is 30.3 Å². The molecule has 2 bridgehead atoms. The van der Waals surface area contributed by atoms with Crippen LogP contribution in [0.3, 0.4) is 0 Å². The molecule has 0 saturated carbocycles. The van der Waals surface area contributed by atoms with Crippen LogP contribution in [0.2, 0.25) is 0 Å². The van der Waals surface area contributed by atoms with Gasteiger partial charge in [-0.2, -0.15) is 0 Å². The van der Waals surface area contributed by atoms with Crippen LogP contribution in [-0.2, 0) is 19.5 Å². The standard InChI is InChI=1S/C34H48N4/c1-22-14-26(5)33-29(16-22)19-30-17-23(2)15-27(6)34(30)36-11-13-38(9)21-32-25(4)18-24(3)31(28(32)7)20-37(8)12-10-35-33/h14-18,35-36H,10-13,19-21H2,1-9H3. The van der Waals surface area contributed by atoms with Crippen molar-refractivity contribution in [2.45, 2.75) is 68.0 Å². The highest BCUT2D eigenvalue weighted by atomic mass is 15.1. The van der Waals surface area contributed by atoms with E-state index in [0.717, 1.165) is 45.7 Å². The Labute approximate surface area is 231 Å². The summed E-state index contributed by atoms with van der Waals surface area (Å²) >= 11 is 0. The Balaban J connectivity index is 1.74. The van der Waals surface area contributed by atoms with Crippen LogP contribution in [0.4, 0.5) is 11.4 Å². The van der Waals surface area contributed by atoms with Crippen molar-refractivity contribution < 1.29 is 0 Å². The maximum Gasteiger partial charge on any atom is 0.0406 e. The molecule has 1 aliphatic rings. The third kappa shape index (κ3) is 6.42. The fourth-order valence-electron chi connectivity index (χ4n) is 6.30. The van der Waals surface area contributed by atoms with Crippen molar-refractivity contribution in [1.29, 1.82) is 0 Å². The predicted molar refractivity (Wildman–Crippen MR) is 165 cm³/mol. The zero-order valence-electron chi connectivity index (χ0n) is 25.2. The first-order valence-corrected chi connectivity index (χ1v) is 14.2. The molecule has 38 heavy (non-hydrogen) atoms. The fourth-order valence-corrected chi connectivity index (χ4v) is 6.30. The topological polar surface area (TPSA) is 30.5 Å². The van der Waals surface area contributed by atoms with Gasteiger partial charge in [-0.1, -0.05) is 41.5 Å². The quantitative estimate of drug-likeness (QED) is 0.345. The van der Waals surface area contributed by atoms with Crippen LogP contribution in [-0.4, -0.2) is 50.1 Å². The Bertz CT molecular complexity index is 1210. The lowest BCUT2D eigenvalue weighted by atomic mass is 9.92. The SMILES string of the molecule is Cc1cc(C)c2c(c1)Cc1cc(C)cc(C)c1NCCN(C)Cc1c(C)cc(C)c(c1C)CN(C)CCN2. The number of likely N-dealkylation sites (N-methyl/N-ethyl adjacent to an activating group) is 2. The normalized spacial score (nSPS) is 16.0. The number of rotatable bonds is 0. The summed E-state index contributed by atoms with van der Waals surface area (Å²) in [5.74, 6) is 0. The van der Waals surface area contributed by atoms with Crippen molar-refractivity contribution in [3.63, 3.8) is 0 Å². The van der Waals surface area contributed by atoms with Crippen molar-refractivity contribution >= 4 is 11.4 Å². The van der Waals surface area contributed by atoms with E-state index in [9.17, 15) is 0 Å². The van der Waals surface area contributed by atoms with E-state index < -0.39 is 0 Å². The molecule has 4 rings (SSSR count). The molecular weight excluding hydrogens is 464 g/mol. The molecule has 0 amide bonds. The highest BCUT2D eigenvalue weighted by molar-refractivity contribution is 5.65. The smallest absolute Gasteiger partial charge is 0.0406 e. The van der Waals surface area contributed by atoms with Crippen LogP contribution in [0.1, 0.15) is 61.2 Å². The Morgan fingerprint density at radius 2 is 0.974 bits per heavy atom. The minimum Gasteiger partial charge on any atom is -0.383 e. The van der Waals surface area contributed by atoms with Crippen LogP contribution >= 0.6 is 0 Å². The number of aryl methyl sites for hydroxylation is 6. The number of hydrogen-bond acceptors (Lipinski definition) is 4. The molecule has 0 unspecified atom stereocenters. The summed E-state index contributed by atoms with van der Waals surface area (Å²) in [4.78, 5) is 4.92. The van der Waals surface area contributed by atoms with Gasteiger partial charge in [0.2, 0.25) is 0 Å². The average Bonchev–Trinajstić information content (AvgIpc) is 2.82. The summed E-state index contributed by atoms with van der Waals surface area (Å²) in [5.41, 5.74) is 17.9. The number of nitrogens with one attached hydrogen (secondary N) is 2. The Morgan fingerprint density at radius 1 is 0.553 bits per heavy atom. The third-order valence-electron chi connectivity index (χ3n) is 8.24. The van der Waals surface area contributed by atoms with E-state index in [-0.39, 0.29) is 0 Å². The van der Waals surface area contributed by atoms with Crippen LogP contribution in [0.25, 0.3) is 0 Å². The van der Waals surface area contributed by atoms with Crippen molar-refractivity contribution in [2.24, 2.45) is 0 Å². The van der Waals surface area contributed by atoms with Crippen LogP contribution < -0.4 is 10.6 Å². The van der Waals surface area contributed by atoms with Gasteiger partial charge in [-0.05, 0) is 113 Å². The third-order valence-corrected chi connectivity index (χ3v) is 8.24. The Morgan fingerprint density at radius 3 is 1.39 bits per heavy atom. The highest BCUT2D eigenvalue weighted by Gasteiger charge is 2.17. The molecule has 0 atom stereocenters. The molecule has 0 aliphatic carbocycles. The summed E-state index contributed by atoms with van der Waals surface area (Å²) in [6.45, 7) is 21.6.